The van der Waals surface area contributed by atoms with E-state index < -0.39 is 18.7 Å². The summed E-state index contributed by atoms with van der Waals surface area (Å²) >= 11 is 0. The van der Waals surface area contributed by atoms with Crippen LogP contribution in [-0.4, -0.2) is 22.1 Å². The van der Waals surface area contributed by atoms with Crippen LogP contribution in [0.3, 0.4) is 0 Å². The topological polar surface area (TPSA) is 7.94 Å². The highest BCUT2D eigenvalue weighted by Crippen LogP contribution is 2.39. The zero-order valence-electron chi connectivity index (χ0n) is 12.1. The molecule has 2 aliphatic rings. The zero-order chi connectivity index (χ0) is 17.1. The monoisotopic (exact) mass is 336 g/mol. The molecule has 0 bridgehead atoms. The molecule has 0 saturated heterocycles. The maximum Gasteiger partial charge on any atom is 0.737 e. The highest BCUT2D eigenvalue weighted by atomic mass is 19.4. The second kappa shape index (κ2) is 4.69. The molecule has 0 unspecified atom stereocenters. The van der Waals surface area contributed by atoms with Gasteiger partial charge in [-0.1, -0.05) is 12.1 Å². The molecule has 1 aromatic carbocycles. The van der Waals surface area contributed by atoms with Crippen LogP contribution in [0.15, 0.2) is 60.4 Å². The van der Waals surface area contributed by atoms with Gasteiger partial charge in [0.15, 0.2) is 5.70 Å². The predicted octanol–water partition coefficient (Wildman–Crippen LogP) is 4.16. The molecule has 0 aliphatic carbocycles. The molecule has 2 aliphatic heterocycles. The van der Waals surface area contributed by atoms with Crippen LogP contribution in [0.25, 0.3) is 5.57 Å². The molecular formula is C16H10BF5N2. The Morgan fingerprint density at radius 3 is 2.38 bits per heavy atom. The Labute approximate surface area is 133 Å². The molecule has 0 spiro atoms. The van der Waals surface area contributed by atoms with Crippen LogP contribution in [0.1, 0.15) is 16.8 Å². The van der Waals surface area contributed by atoms with Crippen LogP contribution < -0.4 is 0 Å². The van der Waals surface area contributed by atoms with Crippen LogP contribution in [0.4, 0.5) is 21.8 Å². The van der Waals surface area contributed by atoms with Gasteiger partial charge in [0.1, 0.15) is 6.21 Å². The van der Waals surface area contributed by atoms with E-state index >= 15 is 0 Å². The summed E-state index contributed by atoms with van der Waals surface area (Å²) in [5.74, 6) is 0. The number of halogens is 5. The van der Waals surface area contributed by atoms with Crippen molar-refractivity contribution in [2.45, 2.75) is 6.18 Å². The number of fused-ring (bicyclic) bond motifs is 2. The quantitative estimate of drug-likeness (QED) is 0.546. The molecular weight excluding hydrogens is 326 g/mol. The van der Waals surface area contributed by atoms with E-state index in [0.29, 0.717) is 11.1 Å². The van der Waals surface area contributed by atoms with E-state index in [2.05, 4.69) is 0 Å². The van der Waals surface area contributed by atoms with Crippen LogP contribution in [-0.2, 0) is 6.18 Å². The number of hydrogen-bond acceptors (Lipinski definition) is 0. The first-order chi connectivity index (χ1) is 11.3. The zero-order valence-corrected chi connectivity index (χ0v) is 12.1. The number of rotatable bonds is 1. The molecule has 0 atom stereocenters. The van der Waals surface area contributed by atoms with E-state index in [-0.39, 0.29) is 11.4 Å². The summed E-state index contributed by atoms with van der Waals surface area (Å²) < 4.78 is 69.1. The summed E-state index contributed by atoms with van der Waals surface area (Å²) in [6.45, 7) is -4.01. The van der Waals surface area contributed by atoms with Gasteiger partial charge < -0.3 is 17.6 Å². The summed E-state index contributed by atoms with van der Waals surface area (Å²) in [6.07, 6.45) is 1.16. The van der Waals surface area contributed by atoms with Crippen molar-refractivity contribution in [1.82, 2.24) is 4.48 Å². The van der Waals surface area contributed by atoms with Gasteiger partial charge in [-0.2, -0.15) is 13.2 Å². The van der Waals surface area contributed by atoms with E-state index in [0.717, 1.165) is 21.1 Å². The molecule has 0 fully saturated rings. The third-order valence-electron chi connectivity index (χ3n) is 4.24. The second-order valence-electron chi connectivity index (χ2n) is 5.64. The molecule has 3 heterocycles. The van der Waals surface area contributed by atoms with Crippen LogP contribution >= 0.6 is 0 Å². The Balaban J connectivity index is 1.92. The van der Waals surface area contributed by atoms with Crippen LogP contribution in [0.5, 0.6) is 0 Å². The van der Waals surface area contributed by atoms with E-state index in [1.54, 1.807) is 12.1 Å². The molecule has 4 rings (SSSR count). The highest BCUT2D eigenvalue weighted by Gasteiger charge is 2.51. The van der Waals surface area contributed by atoms with E-state index in [9.17, 15) is 21.8 Å². The highest BCUT2D eigenvalue weighted by molar-refractivity contribution is 6.57. The van der Waals surface area contributed by atoms with Gasteiger partial charge in [0.2, 0.25) is 0 Å². The van der Waals surface area contributed by atoms with Crippen molar-refractivity contribution in [1.29, 1.82) is 0 Å². The largest absolute Gasteiger partial charge is 0.737 e. The van der Waals surface area contributed by atoms with Crippen molar-refractivity contribution in [3.05, 3.63) is 77.3 Å². The van der Waals surface area contributed by atoms with Gasteiger partial charge in [0.25, 0.3) is 0 Å². The fourth-order valence-electron chi connectivity index (χ4n) is 3.14. The maximum atomic E-state index is 14.6. The summed E-state index contributed by atoms with van der Waals surface area (Å²) in [5.41, 5.74) is 0.723. The average molecular weight is 336 g/mol. The Bertz CT molecular complexity index is 917. The first-order valence-corrected chi connectivity index (χ1v) is 7.22. The molecule has 0 amide bonds. The third-order valence-corrected chi connectivity index (χ3v) is 4.24. The molecule has 0 radical (unpaired) electrons. The first-order valence-electron chi connectivity index (χ1n) is 7.22. The second-order valence-corrected chi connectivity index (χ2v) is 5.64. The lowest BCUT2D eigenvalue weighted by Gasteiger charge is -2.30. The molecule has 2 nitrogen and oxygen atoms in total. The van der Waals surface area contributed by atoms with Crippen molar-refractivity contribution in [2.75, 3.05) is 0 Å². The number of hydrogen-bond donors (Lipinski definition) is 0. The fourth-order valence-corrected chi connectivity index (χ4v) is 3.14. The van der Waals surface area contributed by atoms with Gasteiger partial charge in [-0.05, 0) is 36.0 Å². The van der Waals surface area contributed by atoms with E-state index in [4.69, 9.17) is 0 Å². The minimum Gasteiger partial charge on any atom is -0.396 e. The summed E-state index contributed by atoms with van der Waals surface area (Å²) in [6, 6.07) is 7.58. The van der Waals surface area contributed by atoms with Gasteiger partial charge in [-0.3, -0.25) is 0 Å². The Kier molecular flexibility index (Phi) is 2.91. The Hall–Kier alpha value is -2.64. The van der Waals surface area contributed by atoms with Gasteiger partial charge in [0.05, 0.1) is 11.1 Å². The maximum absolute atomic E-state index is 14.6. The van der Waals surface area contributed by atoms with Crippen molar-refractivity contribution >= 4 is 18.8 Å². The third kappa shape index (κ3) is 1.98. The molecule has 122 valence electrons. The Morgan fingerprint density at radius 1 is 1.00 bits per heavy atom. The lowest BCUT2D eigenvalue weighted by molar-refractivity contribution is -0.356. The van der Waals surface area contributed by atoms with Crippen LogP contribution in [0, 0.1) is 0 Å². The van der Waals surface area contributed by atoms with Crippen molar-refractivity contribution < 1.29 is 26.3 Å². The molecule has 8 heteroatoms. The number of allylic oxidation sites excluding steroid dienone is 2. The van der Waals surface area contributed by atoms with Gasteiger partial charge in [-0.15, -0.1) is 0 Å². The number of nitrogens with zero attached hydrogens (tertiary/aromatic N) is 2. The first kappa shape index (κ1) is 14.9. The van der Waals surface area contributed by atoms with Crippen molar-refractivity contribution in [3.8, 4) is 0 Å². The van der Waals surface area contributed by atoms with Crippen LogP contribution in [0.2, 0.25) is 0 Å². The molecule has 0 N–H and O–H groups in total. The molecule has 2 aromatic rings. The minimum absolute atomic E-state index is 0.283. The number of aromatic nitrogens is 1. The van der Waals surface area contributed by atoms with Gasteiger partial charge >= 0.3 is 13.1 Å². The average Bonchev–Trinajstić information content (AvgIpc) is 3.17. The van der Waals surface area contributed by atoms with E-state index in [1.807, 2.05) is 0 Å². The SMILES string of the molecule is F[B-]1(F)n2cccc2C(c2ccc(C(F)(F)F)cc2)=C2C=CC=[N+]21. The fraction of sp³-hybridized carbons (Fsp3) is 0.0625. The van der Waals surface area contributed by atoms with Crippen molar-refractivity contribution in [2.24, 2.45) is 0 Å². The molecule has 1 aromatic heterocycles. The van der Waals surface area contributed by atoms with Crippen molar-refractivity contribution in [3.63, 3.8) is 0 Å². The normalized spacial score (nSPS) is 18.5. The smallest absolute Gasteiger partial charge is 0.396 e. The summed E-state index contributed by atoms with van der Waals surface area (Å²) in [4.78, 5) is 0. The predicted molar refractivity (Wildman–Crippen MR) is 80.7 cm³/mol. The number of alkyl halides is 3. The number of benzene rings is 1. The Morgan fingerprint density at radius 2 is 1.71 bits per heavy atom. The summed E-state index contributed by atoms with van der Waals surface area (Å²) in [7, 11) is 0. The minimum atomic E-state index is -4.44. The van der Waals surface area contributed by atoms with Gasteiger partial charge in [0, 0.05) is 17.8 Å². The summed E-state index contributed by atoms with van der Waals surface area (Å²) in [5, 5.41) is 0. The lowest BCUT2D eigenvalue weighted by atomic mass is 9.86. The van der Waals surface area contributed by atoms with E-state index in [1.165, 1.54) is 36.7 Å². The molecule has 24 heavy (non-hydrogen) atoms. The lowest BCUT2D eigenvalue weighted by Crippen LogP contribution is -2.49. The standard InChI is InChI=1S/C16H10BF5N2/c18-16(19,20)12-7-5-11(6-8-12)15-13-3-1-9-23(13)17(21,22)24-10-2-4-14(15)24/h1-10H. The molecule has 0 saturated carbocycles. The van der Waals surface area contributed by atoms with Gasteiger partial charge in [-0.25, -0.2) is 0 Å².